The summed E-state index contributed by atoms with van der Waals surface area (Å²) in [6, 6.07) is 2.32. The van der Waals surface area contributed by atoms with Gasteiger partial charge in [0, 0.05) is 24.8 Å². The Labute approximate surface area is 67.9 Å². The van der Waals surface area contributed by atoms with Gasteiger partial charge in [-0.25, -0.2) is 0 Å². The van der Waals surface area contributed by atoms with Crippen molar-refractivity contribution in [3.8, 4) is 0 Å². The van der Waals surface area contributed by atoms with Crippen LogP contribution in [-0.2, 0) is 0 Å². The SMILES string of the molecule is CC1NC1C[C@@H]1CCNCN1. The fraction of sp³-hybridized carbons (Fsp3) is 1.00. The summed E-state index contributed by atoms with van der Waals surface area (Å²) >= 11 is 0. The molecule has 2 saturated heterocycles. The van der Waals surface area contributed by atoms with E-state index in [0.29, 0.717) is 0 Å². The molecule has 0 saturated carbocycles. The normalized spacial score (nSPS) is 43.9. The van der Waals surface area contributed by atoms with Crippen molar-refractivity contribution >= 4 is 0 Å². The third-order valence-electron chi connectivity index (χ3n) is 2.70. The van der Waals surface area contributed by atoms with E-state index in [1.807, 2.05) is 0 Å². The molecular formula is C8H17N3. The van der Waals surface area contributed by atoms with Crippen LogP contribution in [0.3, 0.4) is 0 Å². The van der Waals surface area contributed by atoms with Crippen LogP contribution in [0.4, 0.5) is 0 Å². The van der Waals surface area contributed by atoms with Crippen LogP contribution < -0.4 is 16.0 Å². The molecule has 0 aromatic heterocycles. The lowest BCUT2D eigenvalue weighted by Crippen LogP contribution is -2.45. The van der Waals surface area contributed by atoms with Gasteiger partial charge in [0.1, 0.15) is 0 Å². The molecule has 11 heavy (non-hydrogen) atoms. The zero-order chi connectivity index (χ0) is 7.68. The summed E-state index contributed by atoms with van der Waals surface area (Å²) in [7, 11) is 0. The first-order chi connectivity index (χ1) is 5.36. The van der Waals surface area contributed by atoms with Crippen LogP contribution in [0, 0.1) is 0 Å². The first-order valence-electron chi connectivity index (χ1n) is 4.56. The maximum Gasteiger partial charge on any atom is 0.0456 e. The van der Waals surface area contributed by atoms with Gasteiger partial charge < -0.3 is 16.0 Å². The maximum absolute atomic E-state index is 3.46. The van der Waals surface area contributed by atoms with Crippen molar-refractivity contribution in [1.29, 1.82) is 0 Å². The molecule has 0 aromatic rings. The summed E-state index contributed by atoms with van der Waals surface area (Å²) in [5, 5.41) is 10.2. The molecule has 0 spiro atoms. The predicted molar refractivity (Wildman–Crippen MR) is 45.4 cm³/mol. The molecule has 0 aliphatic carbocycles. The number of hydrogen-bond donors (Lipinski definition) is 3. The minimum absolute atomic E-state index is 0.749. The van der Waals surface area contributed by atoms with Crippen LogP contribution in [0.15, 0.2) is 0 Å². The van der Waals surface area contributed by atoms with Crippen LogP contribution >= 0.6 is 0 Å². The molecule has 64 valence electrons. The molecule has 0 radical (unpaired) electrons. The summed E-state index contributed by atoms with van der Waals surface area (Å²) in [6.45, 7) is 4.43. The van der Waals surface area contributed by atoms with Crippen LogP contribution in [-0.4, -0.2) is 31.3 Å². The van der Waals surface area contributed by atoms with Crippen molar-refractivity contribution in [2.24, 2.45) is 0 Å². The molecule has 2 rings (SSSR count). The van der Waals surface area contributed by atoms with Gasteiger partial charge in [0.25, 0.3) is 0 Å². The second-order valence-corrected chi connectivity index (χ2v) is 3.66. The quantitative estimate of drug-likeness (QED) is 0.477. The molecule has 3 atom stereocenters. The van der Waals surface area contributed by atoms with E-state index >= 15 is 0 Å². The third-order valence-corrected chi connectivity index (χ3v) is 2.70. The van der Waals surface area contributed by atoms with Gasteiger partial charge in [-0.1, -0.05) is 0 Å². The van der Waals surface area contributed by atoms with Gasteiger partial charge in [0.2, 0.25) is 0 Å². The van der Waals surface area contributed by atoms with Gasteiger partial charge in [0.05, 0.1) is 0 Å². The van der Waals surface area contributed by atoms with Crippen LogP contribution in [0.25, 0.3) is 0 Å². The Morgan fingerprint density at radius 1 is 1.45 bits per heavy atom. The van der Waals surface area contributed by atoms with Crippen molar-refractivity contribution in [2.45, 2.75) is 37.9 Å². The van der Waals surface area contributed by atoms with E-state index in [9.17, 15) is 0 Å². The minimum Gasteiger partial charge on any atom is -0.308 e. The highest BCUT2D eigenvalue weighted by atomic mass is 15.2. The van der Waals surface area contributed by atoms with E-state index in [-0.39, 0.29) is 0 Å². The Morgan fingerprint density at radius 2 is 2.27 bits per heavy atom. The van der Waals surface area contributed by atoms with Gasteiger partial charge in [-0.2, -0.15) is 0 Å². The number of hydrogen-bond acceptors (Lipinski definition) is 3. The van der Waals surface area contributed by atoms with Crippen molar-refractivity contribution < 1.29 is 0 Å². The van der Waals surface area contributed by atoms with E-state index in [4.69, 9.17) is 0 Å². The highest BCUT2D eigenvalue weighted by Crippen LogP contribution is 2.17. The molecule has 2 aliphatic rings. The summed E-state index contributed by atoms with van der Waals surface area (Å²) < 4.78 is 0. The van der Waals surface area contributed by atoms with E-state index in [2.05, 4.69) is 22.9 Å². The molecule has 2 fully saturated rings. The van der Waals surface area contributed by atoms with E-state index < -0.39 is 0 Å². The van der Waals surface area contributed by atoms with Gasteiger partial charge in [0.15, 0.2) is 0 Å². The summed E-state index contributed by atoms with van der Waals surface area (Å²) in [6.07, 6.45) is 2.59. The smallest absolute Gasteiger partial charge is 0.0456 e. The van der Waals surface area contributed by atoms with E-state index in [1.165, 1.54) is 19.4 Å². The zero-order valence-corrected chi connectivity index (χ0v) is 7.06. The van der Waals surface area contributed by atoms with Gasteiger partial charge >= 0.3 is 0 Å². The summed E-state index contributed by atoms with van der Waals surface area (Å²) in [5.74, 6) is 0. The highest BCUT2D eigenvalue weighted by molar-refractivity contribution is 4.97. The molecule has 0 amide bonds. The fourth-order valence-electron chi connectivity index (χ4n) is 1.75. The Kier molecular flexibility index (Phi) is 2.11. The average molecular weight is 155 g/mol. The van der Waals surface area contributed by atoms with Crippen LogP contribution in [0.2, 0.25) is 0 Å². The predicted octanol–water partition coefficient (Wildman–Crippen LogP) is -0.354. The number of rotatable bonds is 2. The zero-order valence-electron chi connectivity index (χ0n) is 7.06. The fourth-order valence-corrected chi connectivity index (χ4v) is 1.75. The second kappa shape index (κ2) is 3.09. The summed E-state index contributed by atoms with van der Waals surface area (Å²) in [5.41, 5.74) is 0. The van der Waals surface area contributed by atoms with E-state index in [1.54, 1.807) is 0 Å². The monoisotopic (exact) mass is 155 g/mol. The summed E-state index contributed by atoms with van der Waals surface area (Å²) in [4.78, 5) is 0. The lowest BCUT2D eigenvalue weighted by Gasteiger charge is -2.23. The van der Waals surface area contributed by atoms with Crippen molar-refractivity contribution in [3.63, 3.8) is 0 Å². The second-order valence-electron chi connectivity index (χ2n) is 3.66. The van der Waals surface area contributed by atoms with Crippen molar-refractivity contribution in [2.75, 3.05) is 13.2 Å². The molecule has 3 N–H and O–H groups in total. The molecule has 0 bridgehead atoms. The number of nitrogens with one attached hydrogen (secondary N) is 3. The Morgan fingerprint density at radius 3 is 2.82 bits per heavy atom. The molecule has 2 unspecified atom stereocenters. The Balaban J connectivity index is 1.68. The van der Waals surface area contributed by atoms with Gasteiger partial charge in [-0.3, -0.25) is 0 Å². The molecule has 3 heteroatoms. The Bertz CT molecular complexity index is 131. The van der Waals surface area contributed by atoms with Crippen LogP contribution in [0.1, 0.15) is 19.8 Å². The molecular weight excluding hydrogens is 138 g/mol. The molecule has 2 aliphatic heterocycles. The topological polar surface area (TPSA) is 46.0 Å². The molecule has 3 nitrogen and oxygen atoms in total. The molecule has 0 aromatic carbocycles. The van der Waals surface area contributed by atoms with E-state index in [0.717, 1.165) is 24.8 Å². The van der Waals surface area contributed by atoms with Crippen molar-refractivity contribution in [1.82, 2.24) is 16.0 Å². The largest absolute Gasteiger partial charge is 0.308 e. The highest BCUT2D eigenvalue weighted by Gasteiger charge is 2.33. The van der Waals surface area contributed by atoms with Crippen molar-refractivity contribution in [3.05, 3.63) is 0 Å². The lowest BCUT2D eigenvalue weighted by molar-refractivity contribution is 0.369. The minimum atomic E-state index is 0.749. The van der Waals surface area contributed by atoms with Gasteiger partial charge in [-0.05, 0) is 26.3 Å². The standard InChI is InChI=1S/C8H17N3/c1-6-8(11-6)4-7-2-3-9-5-10-7/h6-11H,2-5H2,1H3/t6?,7-,8?/m0/s1. The average Bonchev–Trinajstić information content (AvgIpc) is 2.69. The maximum atomic E-state index is 3.46. The van der Waals surface area contributed by atoms with Gasteiger partial charge in [-0.15, -0.1) is 0 Å². The lowest BCUT2D eigenvalue weighted by atomic mass is 10.1. The first-order valence-corrected chi connectivity index (χ1v) is 4.56. The molecule has 2 heterocycles. The first kappa shape index (κ1) is 7.53. The Hall–Kier alpha value is -0.120. The van der Waals surface area contributed by atoms with Crippen LogP contribution in [0.5, 0.6) is 0 Å². The third kappa shape index (κ3) is 1.92.